The second-order valence-corrected chi connectivity index (χ2v) is 8.52. The molecule has 160 valence electrons. The van der Waals surface area contributed by atoms with Crippen LogP contribution in [-0.4, -0.2) is 90.4 Å². The number of rotatable bonds is 4. The number of hydrogen-bond donors (Lipinski definition) is 1. The lowest BCUT2D eigenvalue weighted by molar-refractivity contribution is -0.134. The molecular weight excluding hydrogens is 388 g/mol. The Morgan fingerprint density at radius 2 is 1.90 bits per heavy atom. The highest BCUT2D eigenvalue weighted by atomic mass is 16.5. The number of aromatic amines is 1. The second kappa shape index (κ2) is 8.13. The van der Waals surface area contributed by atoms with Gasteiger partial charge in [-0.3, -0.25) is 19.3 Å². The standard InChI is InChI=1S/C19H26N8O3/c28-16(5-13-3-1-2-4-13)27-7-14-6-25(8-15(27)10-30-9-14)18(29)17-22-19(24-23-17)26-11-20-21-12-26/h11-15H,1-10H2,(H,22,23,24)/t14-,15-/m0/s1. The smallest absolute Gasteiger partial charge is 0.291 e. The van der Waals surface area contributed by atoms with Crippen molar-refractivity contribution in [2.24, 2.45) is 11.8 Å². The molecule has 2 aromatic heterocycles. The largest absolute Gasteiger partial charge is 0.379 e. The highest BCUT2D eigenvalue weighted by Gasteiger charge is 2.38. The highest BCUT2D eigenvalue weighted by molar-refractivity contribution is 5.90. The van der Waals surface area contributed by atoms with Gasteiger partial charge in [0.25, 0.3) is 11.9 Å². The molecule has 30 heavy (non-hydrogen) atoms. The van der Waals surface area contributed by atoms with Gasteiger partial charge in [0.1, 0.15) is 12.7 Å². The van der Waals surface area contributed by atoms with Crippen LogP contribution in [0.1, 0.15) is 42.7 Å². The van der Waals surface area contributed by atoms with Gasteiger partial charge in [0, 0.05) is 32.0 Å². The molecule has 4 heterocycles. The minimum Gasteiger partial charge on any atom is -0.379 e. The van der Waals surface area contributed by atoms with Gasteiger partial charge >= 0.3 is 0 Å². The Morgan fingerprint density at radius 1 is 1.10 bits per heavy atom. The SMILES string of the molecule is O=C(c1nc(-n2cnnc2)n[nH]1)N1C[C@@H]2COC[C@H](C1)N(C(=O)CC1CCCC1)C2. The monoisotopic (exact) mass is 414 g/mol. The van der Waals surface area contributed by atoms with E-state index in [-0.39, 0.29) is 29.6 Å². The van der Waals surface area contributed by atoms with Gasteiger partial charge in [-0.1, -0.05) is 12.8 Å². The van der Waals surface area contributed by atoms with E-state index in [1.54, 1.807) is 4.90 Å². The molecule has 0 radical (unpaired) electrons. The van der Waals surface area contributed by atoms with Crippen LogP contribution in [-0.2, 0) is 9.53 Å². The molecule has 1 aliphatic carbocycles. The lowest BCUT2D eigenvalue weighted by atomic mass is 10.0. The fourth-order valence-electron chi connectivity index (χ4n) is 4.81. The third-order valence-electron chi connectivity index (χ3n) is 6.34. The van der Waals surface area contributed by atoms with E-state index < -0.39 is 0 Å². The molecule has 1 N–H and O–H groups in total. The summed E-state index contributed by atoms with van der Waals surface area (Å²) in [6.07, 6.45) is 8.30. The number of nitrogens with one attached hydrogen (secondary N) is 1. The van der Waals surface area contributed by atoms with Gasteiger partial charge < -0.3 is 14.5 Å². The van der Waals surface area contributed by atoms with E-state index in [2.05, 4.69) is 25.4 Å². The van der Waals surface area contributed by atoms with Crippen LogP contribution in [0.2, 0.25) is 0 Å². The van der Waals surface area contributed by atoms with E-state index in [9.17, 15) is 9.59 Å². The van der Waals surface area contributed by atoms with Crippen LogP contribution < -0.4 is 0 Å². The Morgan fingerprint density at radius 3 is 2.70 bits per heavy atom. The van der Waals surface area contributed by atoms with Gasteiger partial charge in [-0.05, 0) is 18.8 Å². The molecule has 0 aromatic carbocycles. The maximum absolute atomic E-state index is 13.1. The number of ether oxygens (including phenoxy) is 1. The third-order valence-corrected chi connectivity index (χ3v) is 6.34. The Hall–Kier alpha value is -2.82. The van der Waals surface area contributed by atoms with Crippen molar-refractivity contribution in [2.75, 3.05) is 32.8 Å². The maximum atomic E-state index is 13.1. The van der Waals surface area contributed by atoms with Crippen molar-refractivity contribution >= 4 is 11.8 Å². The molecule has 0 spiro atoms. The molecule has 11 nitrogen and oxygen atoms in total. The molecule has 2 bridgehead atoms. The number of carbonyl (C=O) groups excluding carboxylic acids is 2. The number of nitrogens with zero attached hydrogens (tertiary/aromatic N) is 7. The van der Waals surface area contributed by atoms with Crippen molar-refractivity contribution in [3.05, 3.63) is 18.5 Å². The Balaban J connectivity index is 1.30. The summed E-state index contributed by atoms with van der Waals surface area (Å²) < 4.78 is 7.34. The van der Waals surface area contributed by atoms with E-state index in [1.807, 2.05) is 4.90 Å². The van der Waals surface area contributed by atoms with Gasteiger partial charge in [-0.15, -0.1) is 15.3 Å². The first-order chi connectivity index (χ1) is 14.7. The van der Waals surface area contributed by atoms with E-state index in [4.69, 9.17) is 4.74 Å². The highest BCUT2D eigenvalue weighted by Crippen LogP contribution is 2.29. The van der Waals surface area contributed by atoms with E-state index in [1.165, 1.54) is 30.1 Å². The zero-order valence-electron chi connectivity index (χ0n) is 16.8. The van der Waals surface area contributed by atoms with Crippen molar-refractivity contribution in [1.82, 2.24) is 39.7 Å². The molecule has 2 amide bonds. The summed E-state index contributed by atoms with van der Waals surface area (Å²) >= 11 is 0. The number of fused-ring (bicyclic) bond motifs is 3. The molecule has 1 saturated carbocycles. The van der Waals surface area contributed by atoms with Crippen LogP contribution in [0.15, 0.2) is 12.7 Å². The van der Waals surface area contributed by atoms with Crippen molar-refractivity contribution in [3.63, 3.8) is 0 Å². The molecule has 3 fully saturated rings. The van der Waals surface area contributed by atoms with Crippen LogP contribution in [0.25, 0.3) is 5.95 Å². The molecule has 5 rings (SSSR count). The van der Waals surface area contributed by atoms with Crippen molar-refractivity contribution < 1.29 is 14.3 Å². The Labute approximate surface area is 173 Å². The number of carbonyl (C=O) groups is 2. The van der Waals surface area contributed by atoms with Gasteiger partial charge in [0.2, 0.25) is 11.7 Å². The fraction of sp³-hybridized carbons (Fsp3) is 0.684. The van der Waals surface area contributed by atoms with E-state index >= 15 is 0 Å². The summed E-state index contributed by atoms with van der Waals surface area (Å²) in [6, 6.07) is -0.129. The summed E-state index contributed by atoms with van der Waals surface area (Å²) in [6.45, 7) is 2.62. The van der Waals surface area contributed by atoms with Crippen LogP contribution in [0, 0.1) is 11.8 Å². The topological polar surface area (TPSA) is 122 Å². The minimum absolute atomic E-state index is 0.0919. The predicted octanol–water partition coefficient (Wildman–Crippen LogP) is 0.265. The van der Waals surface area contributed by atoms with E-state index in [0.29, 0.717) is 51.1 Å². The summed E-state index contributed by atoms with van der Waals surface area (Å²) in [4.78, 5) is 34.2. The molecule has 0 unspecified atom stereocenters. The first-order valence-electron chi connectivity index (χ1n) is 10.6. The minimum atomic E-state index is -0.219. The number of aromatic nitrogens is 6. The Bertz CT molecular complexity index is 891. The van der Waals surface area contributed by atoms with Crippen molar-refractivity contribution in [1.29, 1.82) is 0 Å². The normalized spacial score (nSPS) is 24.8. The van der Waals surface area contributed by atoms with Gasteiger partial charge in [0.05, 0.1) is 19.3 Å². The molecule has 2 saturated heterocycles. The summed E-state index contributed by atoms with van der Waals surface area (Å²) in [5.41, 5.74) is 0. The summed E-state index contributed by atoms with van der Waals surface area (Å²) in [5, 5.41) is 14.3. The zero-order valence-corrected chi connectivity index (χ0v) is 16.8. The number of hydrogen-bond acceptors (Lipinski definition) is 7. The number of H-pyrrole nitrogens is 1. The molecule has 2 aliphatic heterocycles. The summed E-state index contributed by atoms with van der Waals surface area (Å²) in [5.74, 6) is 1.06. The first kappa shape index (κ1) is 19.2. The average molecular weight is 414 g/mol. The average Bonchev–Trinajstić information content (AvgIpc) is 3.46. The number of amides is 2. The summed E-state index contributed by atoms with van der Waals surface area (Å²) in [7, 11) is 0. The molecule has 11 heteroatoms. The van der Waals surface area contributed by atoms with Crippen LogP contribution in [0.3, 0.4) is 0 Å². The molecule has 2 atom stereocenters. The molecule has 3 aliphatic rings. The molecule has 2 aromatic rings. The lowest BCUT2D eigenvalue weighted by Gasteiger charge is -2.31. The quantitative estimate of drug-likeness (QED) is 0.762. The van der Waals surface area contributed by atoms with Gasteiger partial charge in [0.15, 0.2) is 0 Å². The predicted molar refractivity (Wildman–Crippen MR) is 104 cm³/mol. The van der Waals surface area contributed by atoms with Crippen molar-refractivity contribution in [3.8, 4) is 5.95 Å². The second-order valence-electron chi connectivity index (χ2n) is 8.52. The lowest BCUT2D eigenvalue weighted by Crippen LogP contribution is -2.48. The van der Waals surface area contributed by atoms with Gasteiger partial charge in [-0.2, -0.15) is 4.98 Å². The van der Waals surface area contributed by atoms with E-state index in [0.717, 1.165) is 12.8 Å². The molecular formula is C19H26N8O3. The Kier molecular flexibility index (Phi) is 5.19. The zero-order chi connectivity index (χ0) is 20.5. The van der Waals surface area contributed by atoms with Crippen LogP contribution in [0.5, 0.6) is 0 Å². The van der Waals surface area contributed by atoms with Crippen molar-refractivity contribution in [2.45, 2.75) is 38.1 Å². The van der Waals surface area contributed by atoms with Gasteiger partial charge in [-0.25, -0.2) is 0 Å². The van der Waals surface area contributed by atoms with Crippen LogP contribution >= 0.6 is 0 Å². The fourth-order valence-corrected chi connectivity index (χ4v) is 4.81. The first-order valence-corrected chi connectivity index (χ1v) is 10.6. The van der Waals surface area contributed by atoms with Crippen LogP contribution in [0.4, 0.5) is 0 Å². The third kappa shape index (κ3) is 3.81. The maximum Gasteiger partial charge on any atom is 0.291 e.